The van der Waals surface area contributed by atoms with E-state index in [0.29, 0.717) is 11.8 Å². The van der Waals surface area contributed by atoms with Crippen molar-refractivity contribution in [3.63, 3.8) is 0 Å². The second-order valence-corrected chi connectivity index (χ2v) is 7.77. The summed E-state index contributed by atoms with van der Waals surface area (Å²) in [5.41, 5.74) is 1.69. The number of fused-ring (bicyclic) bond motifs is 1. The third kappa shape index (κ3) is 1.28. The molecule has 0 spiro atoms. The predicted octanol–water partition coefficient (Wildman–Crippen LogP) is 3.43. The van der Waals surface area contributed by atoms with Crippen LogP contribution in [0.25, 0.3) is 0 Å². The monoisotopic (exact) mass is 204 g/mol. The third-order valence-corrected chi connectivity index (χ3v) is 6.43. The van der Waals surface area contributed by atoms with Gasteiger partial charge in [-0.05, 0) is 31.5 Å². The molecule has 1 fully saturated rings. The third-order valence-electron chi connectivity index (χ3n) is 3.04. The van der Waals surface area contributed by atoms with Crippen molar-refractivity contribution in [1.29, 1.82) is 0 Å². The Morgan fingerprint density at radius 1 is 1.50 bits per heavy atom. The molecule has 0 saturated heterocycles. The van der Waals surface area contributed by atoms with E-state index in [4.69, 9.17) is 11.6 Å². The highest BCUT2D eigenvalue weighted by molar-refractivity contribution is 7.64. The second kappa shape index (κ2) is 2.89. The molecule has 0 aromatic carbocycles. The Kier molecular flexibility index (Phi) is 2.13. The first-order chi connectivity index (χ1) is 5.61. The van der Waals surface area contributed by atoms with Gasteiger partial charge in [-0.25, -0.2) is 0 Å². The molecule has 0 amide bonds. The number of hydrogen-bond donors (Lipinski definition) is 0. The van der Waals surface area contributed by atoms with Gasteiger partial charge >= 0.3 is 0 Å². The van der Waals surface area contributed by atoms with E-state index in [2.05, 4.69) is 0 Å². The number of halogens is 1. The van der Waals surface area contributed by atoms with Crippen molar-refractivity contribution in [1.82, 2.24) is 0 Å². The molecule has 1 aliphatic heterocycles. The Hall–Kier alpha value is 0.260. The highest BCUT2D eigenvalue weighted by Gasteiger charge is 2.40. The molecule has 0 unspecified atom stereocenters. The van der Waals surface area contributed by atoms with Crippen molar-refractivity contribution in [2.24, 2.45) is 0 Å². The van der Waals surface area contributed by atoms with Crippen molar-refractivity contribution in [2.75, 3.05) is 12.8 Å². The van der Waals surface area contributed by atoms with E-state index in [1.165, 1.54) is 18.4 Å². The van der Waals surface area contributed by atoms with Gasteiger partial charge in [-0.3, -0.25) is 0 Å². The molecular weight excluding hydrogens is 191 g/mol. The Balaban J connectivity index is 2.34. The molecule has 68 valence electrons. The quantitative estimate of drug-likeness (QED) is 0.553. The molecule has 0 radical (unpaired) electrons. The van der Waals surface area contributed by atoms with Crippen LogP contribution in [0.3, 0.4) is 0 Å². The number of hydrogen-bond acceptors (Lipinski definition) is 1. The molecule has 0 aromatic heterocycles. The van der Waals surface area contributed by atoms with Crippen LogP contribution >= 0.6 is 18.7 Å². The van der Waals surface area contributed by atoms with Gasteiger partial charge in [0.25, 0.3) is 0 Å². The molecule has 0 N–H and O–H groups in total. The maximum Gasteiger partial charge on any atom is 0.0967 e. The summed E-state index contributed by atoms with van der Waals surface area (Å²) in [7, 11) is -1.94. The minimum Gasteiger partial charge on any atom is -0.323 e. The lowest BCUT2D eigenvalue weighted by Gasteiger charge is -2.24. The molecular formula is C9H14ClOP. The summed E-state index contributed by atoms with van der Waals surface area (Å²) in [6, 6.07) is 0. The molecule has 1 saturated carbocycles. The van der Waals surface area contributed by atoms with Gasteiger partial charge in [0.1, 0.15) is 0 Å². The van der Waals surface area contributed by atoms with Crippen LogP contribution in [-0.2, 0) is 4.57 Å². The molecule has 12 heavy (non-hydrogen) atoms. The standard InChI is InChI=1S/C9H14ClOP/c1-12(11)6-8(10)7-4-2-3-5-9(7)12/h9H,2-6H2,1H3/t9-,12-/m0/s1. The Morgan fingerprint density at radius 2 is 2.25 bits per heavy atom. The summed E-state index contributed by atoms with van der Waals surface area (Å²) in [6.07, 6.45) is 5.35. The SMILES string of the molecule is C[P@]1(=O)CC(Cl)=C2CCCC[C@@H]21. The van der Waals surface area contributed by atoms with Crippen LogP contribution in [0, 0.1) is 0 Å². The minimum absolute atomic E-state index is 0.360. The molecule has 1 heterocycles. The Labute approximate surface area is 78.6 Å². The summed E-state index contributed by atoms with van der Waals surface area (Å²) in [5.74, 6) is 0. The van der Waals surface area contributed by atoms with E-state index < -0.39 is 7.14 Å². The first-order valence-corrected chi connectivity index (χ1v) is 7.33. The van der Waals surface area contributed by atoms with Gasteiger partial charge in [0.2, 0.25) is 0 Å². The number of rotatable bonds is 0. The van der Waals surface area contributed by atoms with E-state index in [1.807, 2.05) is 6.66 Å². The van der Waals surface area contributed by atoms with E-state index in [0.717, 1.165) is 17.9 Å². The smallest absolute Gasteiger partial charge is 0.0967 e. The maximum absolute atomic E-state index is 12.1. The fourth-order valence-electron chi connectivity index (χ4n) is 2.40. The Morgan fingerprint density at radius 3 is 2.92 bits per heavy atom. The lowest BCUT2D eigenvalue weighted by atomic mass is 9.94. The highest BCUT2D eigenvalue weighted by Crippen LogP contribution is 2.61. The summed E-state index contributed by atoms with van der Waals surface area (Å²) in [6.45, 7) is 1.92. The summed E-state index contributed by atoms with van der Waals surface area (Å²) in [5, 5.41) is 0.922. The van der Waals surface area contributed by atoms with Crippen molar-refractivity contribution < 1.29 is 4.57 Å². The summed E-state index contributed by atoms with van der Waals surface area (Å²) < 4.78 is 12.1. The minimum atomic E-state index is -1.94. The van der Waals surface area contributed by atoms with Crippen molar-refractivity contribution in [3.05, 3.63) is 10.6 Å². The van der Waals surface area contributed by atoms with Gasteiger partial charge in [0, 0.05) is 16.9 Å². The largest absolute Gasteiger partial charge is 0.323 e. The van der Waals surface area contributed by atoms with E-state index in [1.54, 1.807) is 0 Å². The molecule has 2 rings (SSSR count). The first-order valence-electron chi connectivity index (χ1n) is 4.55. The molecule has 0 bridgehead atoms. The predicted molar refractivity (Wildman–Crippen MR) is 53.5 cm³/mol. The van der Waals surface area contributed by atoms with Crippen LogP contribution in [0.4, 0.5) is 0 Å². The first kappa shape index (κ1) is 8.84. The van der Waals surface area contributed by atoms with Crippen molar-refractivity contribution in [3.8, 4) is 0 Å². The van der Waals surface area contributed by atoms with Gasteiger partial charge in [0.15, 0.2) is 0 Å². The average molecular weight is 205 g/mol. The molecule has 3 heteroatoms. The molecule has 0 aromatic rings. The van der Waals surface area contributed by atoms with Crippen LogP contribution in [-0.4, -0.2) is 18.5 Å². The zero-order chi connectivity index (χ0) is 8.77. The van der Waals surface area contributed by atoms with Crippen LogP contribution in [0.1, 0.15) is 25.7 Å². The molecule has 2 atom stereocenters. The van der Waals surface area contributed by atoms with Gasteiger partial charge in [-0.2, -0.15) is 0 Å². The van der Waals surface area contributed by atoms with E-state index >= 15 is 0 Å². The van der Waals surface area contributed by atoms with Gasteiger partial charge in [0.05, 0.1) is 7.14 Å². The van der Waals surface area contributed by atoms with Crippen LogP contribution < -0.4 is 0 Å². The fourth-order valence-corrected chi connectivity index (χ4v) is 6.06. The van der Waals surface area contributed by atoms with Gasteiger partial charge in [-0.1, -0.05) is 18.0 Å². The van der Waals surface area contributed by atoms with E-state index in [-0.39, 0.29) is 0 Å². The second-order valence-electron chi connectivity index (χ2n) is 4.02. The molecule has 2 aliphatic rings. The lowest BCUT2D eigenvalue weighted by molar-refractivity contribution is 0.552. The molecule has 1 nitrogen and oxygen atoms in total. The van der Waals surface area contributed by atoms with Crippen LogP contribution in [0.5, 0.6) is 0 Å². The Bertz CT molecular complexity index is 282. The van der Waals surface area contributed by atoms with Crippen LogP contribution in [0.15, 0.2) is 10.6 Å². The molecule has 1 aliphatic carbocycles. The maximum atomic E-state index is 12.1. The average Bonchev–Trinajstić information content (AvgIpc) is 2.25. The van der Waals surface area contributed by atoms with Crippen molar-refractivity contribution in [2.45, 2.75) is 31.3 Å². The topological polar surface area (TPSA) is 17.1 Å². The zero-order valence-corrected chi connectivity index (χ0v) is 9.00. The van der Waals surface area contributed by atoms with Gasteiger partial charge in [-0.15, -0.1) is 0 Å². The summed E-state index contributed by atoms with van der Waals surface area (Å²) in [4.78, 5) is 0. The lowest BCUT2D eigenvalue weighted by Crippen LogP contribution is -2.12. The van der Waals surface area contributed by atoms with Crippen molar-refractivity contribution >= 4 is 18.7 Å². The zero-order valence-electron chi connectivity index (χ0n) is 7.35. The normalized spacial score (nSPS) is 41.7. The van der Waals surface area contributed by atoms with Crippen LogP contribution in [0.2, 0.25) is 0 Å². The van der Waals surface area contributed by atoms with Gasteiger partial charge < -0.3 is 4.57 Å². The highest BCUT2D eigenvalue weighted by atomic mass is 35.5. The number of allylic oxidation sites excluding steroid dienone is 2. The van der Waals surface area contributed by atoms with E-state index in [9.17, 15) is 4.57 Å². The fraction of sp³-hybridized carbons (Fsp3) is 0.778. The summed E-state index contributed by atoms with van der Waals surface area (Å²) >= 11 is 6.08.